The number of likely N-dealkylation sites (tertiary alicyclic amines) is 1. The maximum absolute atomic E-state index is 12.4. The number of pyridine rings is 1. The number of nitriles is 1. The van der Waals surface area contributed by atoms with Crippen LogP contribution < -0.4 is 10.6 Å². The van der Waals surface area contributed by atoms with Gasteiger partial charge < -0.3 is 10.6 Å². The number of aromatic nitrogens is 1. The SMILES string of the molecule is [C-]#[N+]c1c(N2CCC(N3[C@H](C)CC[C@H]3C)CC2)nc(SC(C(N)=O)c2ccccc2)c(C#N)c1CC. The number of nitrogens with zero attached hydrogens (tertiary/aromatic N) is 5. The lowest BCUT2D eigenvalue weighted by Gasteiger charge is -2.41. The Bertz CT molecular complexity index is 1170. The van der Waals surface area contributed by atoms with E-state index in [-0.39, 0.29) is 0 Å². The van der Waals surface area contributed by atoms with Gasteiger partial charge in [-0.1, -0.05) is 49.0 Å². The number of rotatable bonds is 7. The summed E-state index contributed by atoms with van der Waals surface area (Å²) in [6.45, 7) is 16.2. The Hall–Kier alpha value is -3.07. The largest absolute Gasteiger partial charge is 0.368 e. The molecular formula is C28H34N6OS. The van der Waals surface area contributed by atoms with Gasteiger partial charge in [-0.25, -0.2) is 9.83 Å². The Balaban J connectivity index is 1.67. The first-order chi connectivity index (χ1) is 17.4. The molecule has 0 radical (unpaired) electrons. The number of hydrogen-bond acceptors (Lipinski definition) is 6. The topological polar surface area (TPSA) is 90.6 Å². The monoisotopic (exact) mass is 502 g/mol. The third kappa shape index (κ3) is 5.07. The Morgan fingerprint density at radius 2 is 1.86 bits per heavy atom. The fourth-order valence-electron chi connectivity index (χ4n) is 5.81. The summed E-state index contributed by atoms with van der Waals surface area (Å²) in [5.74, 6) is 0.140. The van der Waals surface area contributed by atoms with E-state index in [1.54, 1.807) is 0 Å². The van der Waals surface area contributed by atoms with Crippen molar-refractivity contribution >= 4 is 29.2 Å². The van der Waals surface area contributed by atoms with Crippen LogP contribution in [-0.4, -0.2) is 47.0 Å². The van der Waals surface area contributed by atoms with Crippen LogP contribution in [0.2, 0.25) is 0 Å². The van der Waals surface area contributed by atoms with E-state index in [2.05, 4.69) is 34.6 Å². The normalized spacial score (nSPS) is 21.6. The molecule has 0 saturated carbocycles. The number of carbonyl (C=O) groups is 1. The highest BCUT2D eigenvalue weighted by Crippen LogP contribution is 2.43. The molecule has 2 fully saturated rings. The van der Waals surface area contributed by atoms with Crippen molar-refractivity contribution in [2.75, 3.05) is 18.0 Å². The highest BCUT2D eigenvalue weighted by molar-refractivity contribution is 8.00. The van der Waals surface area contributed by atoms with E-state index >= 15 is 0 Å². The minimum absolute atomic E-state index is 0.369. The lowest BCUT2D eigenvalue weighted by Crippen LogP contribution is -2.48. The van der Waals surface area contributed by atoms with E-state index in [1.165, 1.54) is 24.6 Å². The second-order valence-electron chi connectivity index (χ2n) is 9.77. The molecule has 1 aromatic heterocycles. The van der Waals surface area contributed by atoms with Gasteiger partial charge in [-0.3, -0.25) is 9.69 Å². The van der Waals surface area contributed by atoms with Crippen LogP contribution in [0.15, 0.2) is 35.4 Å². The van der Waals surface area contributed by atoms with Gasteiger partial charge in [0.25, 0.3) is 0 Å². The van der Waals surface area contributed by atoms with Crippen LogP contribution >= 0.6 is 11.8 Å². The number of thioether (sulfide) groups is 1. The molecule has 1 amide bonds. The van der Waals surface area contributed by atoms with Crippen LogP contribution in [0.4, 0.5) is 11.5 Å². The summed E-state index contributed by atoms with van der Waals surface area (Å²) < 4.78 is 0. The molecule has 2 aromatic rings. The second-order valence-corrected chi connectivity index (χ2v) is 10.9. The molecule has 1 unspecified atom stereocenters. The minimum atomic E-state index is -0.675. The van der Waals surface area contributed by atoms with Gasteiger partial charge in [0.15, 0.2) is 0 Å². The van der Waals surface area contributed by atoms with E-state index in [4.69, 9.17) is 17.3 Å². The van der Waals surface area contributed by atoms with Crippen LogP contribution in [0.25, 0.3) is 4.85 Å². The number of carbonyl (C=O) groups excluding carboxylic acids is 1. The molecule has 0 spiro atoms. The summed E-state index contributed by atoms with van der Waals surface area (Å²) in [6, 6.07) is 13.4. The highest BCUT2D eigenvalue weighted by Gasteiger charge is 2.36. The van der Waals surface area contributed by atoms with E-state index < -0.39 is 11.2 Å². The van der Waals surface area contributed by atoms with Crippen molar-refractivity contribution in [2.45, 2.75) is 81.3 Å². The third-order valence-electron chi connectivity index (χ3n) is 7.59. The second kappa shape index (κ2) is 11.3. The lowest BCUT2D eigenvalue weighted by molar-refractivity contribution is -0.117. The predicted octanol–water partition coefficient (Wildman–Crippen LogP) is 5.23. The molecule has 2 aliphatic rings. The van der Waals surface area contributed by atoms with E-state index in [1.807, 2.05) is 37.3 Å². The highest BCUT2D eigenvalue weighted by atomic mass is 32.2. The van der Waals surface area contributed by atoms with Crippen molar-refractivity contribution < 1.29 is 4.79 Å². The fraction of sp³-hybridized carbons (Fsp3) is 0.500. The van der Waals surface area contributed by atoms with E-state index in [9.17, 15) is 10.1 Å². The number of amides is 1. The fourth-order valence-corrected chi connectivity index (χ4v) is 6.87. The Kier molecular flexibility index (Phi) is 8.18. The maximum Gasteiger partial charge on any atom is 0.235 e. The molecule has 3 atom stereocenters. The Morgan fingerprint density at radius 1 is 1.22 bits per heavy atom. The molecule has 36 heavy (non-hydrogen) atoms. The van der Waals surface area contributed by atoms with Crippen LogP contribution in [-0.2, 0) is 11.2 Å². The summed E-state index contributed by atoms with van der Waals surface area (Å²) >= 11 is 1.20. The van der Waals surface area contributed by atoms with Gasteiger partial charge in [-0.15, -0.1) is 0 Å². The van der Waals surface area contributed by atoms with Gasteiger partial charge in [-0.05, 0) is 57.1 Å². The molecule has 2 saturated heterocycles. The number of hydrogen-bond donors (Lipinski definition) is 1. The van der Waals surface area contributed by atoms with Gasteiger partial charge in [0, 0.05) is 31.2 Å². The molecule has 2 N–H and O–H groups in total. The van der Waals surface area contributed by atoms with Crippen molar-refractivity contribution in [3.63, 3.8) is 0 Å². The number of anilines is 1. The molecule has 188 valence electrons. The van der Waals surface area contributed by atoms with Gasteiger partial charge in [0.05, 0.1) is 12.1 Å². The zero-order valence-electron chi connectivity index (χ0n) is 21.3. The van der Waals surface area contributed by atoms with E-state index in [0.29, 0.717) is 52.2 Å². The lowest BCUT2D eigenvalue weighted by atomic mass is 10.00. The van der Waals surface area contributed by atoms with Gasteiger partial charge in [0.2, 0.25) is 11.6 Å². The van der Waals surface area contributed by atoms with Gasteiger partial charge in [-0.2, -0.15) is 5.26 Å². The van der Waals surface area contributed by atoms with Crippen molar-refractivity contribution in [1.29, 1.82) is 5.26 Å². The zero-order chi connectivity index (χ0) is 25.8. The number of benzene rings is 1. The van der Waals surface area contributed by atoms with Crippen molar-refractivity contribution in [1.82, 2.24) is 9.88 Å². The summed E-state index contributed by atoms with van der Waals surface area (Å²) in [5.41, 5.74) is 8.06. The average Bonchev–Trinajstić information content (AvgIpc) is 3.24. The predicted molar refractivity (Wildman–Crippen MR) is 144 cm³/mol. The third-order valence-corrected chi connectivity index (χ3v) is 8.85. The van der Waals surface area contributed by atoms with Crippen molar-refractivity contribution in [3.8, 4) is 6.07 Å². The zero-order valence-corrected chi connectivity index (χ0v) is 22.1. The summed E-state index contributed by atoms with van der Waals surface area (Å²) in [5, 5.41) is 9.83. The minimum Gasteiger partial charge on any atom is -0.368 e. The van der Waals surface area contributed by atoms with Crippen molar-refractivity contribution in [2.24, 2.45) is 5.73 Å². The molecule has 8 heteroatoms. The Labute approximate surface area is 218 Å². The number of nitrogens with two attached hydrogens (primary N) is 1. The molecule has 3 heterocycles. The molecule has 0 aliphatic carbocycles. The first kappa shape index (κ1) is 26.0. The molecule has 1 aromatic carbocycles. The number of piperidine rings is 1. The first-order valence-electron chi connectivity index (χ1n) is 12.8. The van der Waals surface area contributed by atoms with Crippen LogP contribution in [0, 0.1) is 17.9 Å². The molecule has 4 rings (SSSR count). The summed E-state index contributed by atoms with van der Waals surface area (Å²) in [7, 11) is 0. The van der Waals surface area contributed by atoms with Gasteiger partial charge in [0.1, 0.15) is 22.2 Å². The average molecular weight is 503 g/mol. The quantitative estimate of drug-likeness (QED) is 0.412. The molecule has 7 nitrogen and oxygen atoms in total. The van der Waals surface area contributed by atoms with Gasteiger partial charge >= 0.3 is 0 Å². The number of primary amides is 1. The maximum atomic E-state index is 12.4. The van der Waals surface area contributed by atoms with Crippen LogP contribution in [0.1, 0.15) is 68.4 Å². The van der Waals surface area contributed by atoms with E-state index in [0.717, 1.165) is 31.5 Å². The smallest absolute Gasteiger partial charge is 0.235 e. The molecule has 0 bridgehead atoms. The van der Waals surface area contributed by atoms with Crippen LogP contribution in [0.3, 0.4) is 0 Å². The summed E-state index contributed by atoms with van der Waals surface area (Å²) in [4.78, 5) is 26.0. The summed E-state index contributed by atoms with van der Waals surface area (Å²) in [6.07, 6.45) is 5.08. The van der Waals surface area contributed by atoms with Crippen molar-refractivity contribution in [3.05, 3.63) is 58.4 Å². The van der Waals surface area contributed by atoms with Crippen LogP contribution in [0.5, 0.6) is 0 Å². The standard InChI is InChI=1S/C28H34N6OS/c1-5-22-23(17-29)28(36-25(26(30)35)20-9-7-6-8-10-20)32-27(24(22)31-4)33-15-13-21(14-16-33)34-18(2)11-12-19(34)3/h6-10,18-19,21,25H,5,11-16H2,1-3H3,(H2,30,35)/t18-,19-,25?/m1/s1. The first-order valence-corrected chi connectivity index (χ1v) is 13.6. The Morgan fingerprint density at radius 3 is 2.39 bits per heavy atom. The molecular weight excluding hydrogens is 468 g/mol. The molecule has 2 aliphatic heterocycles.